The van der Waals surface area contributed by atoms with E-state index in [2.05, 4.69) is 45.2 Å². The SMILES string of the molecule is CC(=O)N[C@@H](Cc1c[nH]c2ccccc12)C(=O)NCCCCCCNc1c2c(nc3ccccc13)CCCC2. The summed E-state index contributed by atoms with van der Waals surface area (Å²) in [4.78, 5) is 32.9. The van der Waals surface area contributed by atoms with Crippen molar-refractivity contribution in [3.8, 4) is 0 Å². The van der Waals surface area contributed by atoms with Crippen LogP contribution in [0, 0.1) is 0 Å². The minimum atomic E-state index is -0.591. The molecule has 2 heterocycles. The van der Waals surface area contributed by atoms with Crippen LogP contribution in [0.2, 0.25) is 0 Å². The Morgan fingerprint density at radius 1 is 0.923 bits per heavy atom. The molecule has 4 N–H and O–H groups in total. The van der Waals surface area contributed by atoms with Gasteiger partial charge in [0.2, 0.25) is 11.8 Å². The molecular formula is C32H39N5O2. The van der Waals surface area contributed by atoms with Crippen LogP contribution < -0.4 is 16.0 Å². The van der Waals surface area contributed by atoms with Crippen LogP contribution in [-0.2, 0) is 28.9 Å². The molecule has 1 aliphatic rings. The fourth-order valence-corrected chi connectivity index (χ4v) is 5.70. The van der Waals surface area contributed by atoms with Crippen LogP contribution in [0.15, 0.2) is 54.7 Å². The second-order valence-electron chi connectivity index (χ2n) is 10.6. The number of aromatic amines is 1. The van der Waals surface area contributed by atoms with Crippen LogP contribution in [0.5, 0.6) is 0 Å². The summed E-state index contributed by atoms with van der Waals surface area (Å²) in [6, 6.07) is 15.9. The quantitative estimate of drug-likeness (QED) is 0.185. The molecular weight excluding hydrogens is 486 g/mol. The summed E-state index contributed by atoms with van der Waals surface area (Å²) < 4.78 is 0. The molecule has 0 radical (unpaired) electrons. The highest BCUT2D eigenvalue weighted by Crippen LogP contribution is 2.33. The summed E-state index contributed by atoms with van der Waals surface area (Å²) in [5.41, 5.74) is 7.08. The van der Waals surface area contributed by atoms with Crippen LogP contribution >= 0.6 is 0 Å². The molecule has 0 bridgehead atoms. The van der Waals surface area contributed by atoms with Crippen LogP contribution in [-0.4, -0.2) is 40.9 Å². The van der Waals surface area contributed by atoms with Gasteiger partial charge in [-0.2, -0.15) is 0 Å². The average molecular weight is 526 g/mol. The molecule has 0 fully saturated rings. The third kappa shape index (κ3) is 6.59. The summed E-state index contributed by atoms with van der Waals surface area (Å²) in [6.45, 7) is 2.99. The first kappa shape index (κ1) is 26.7. The normalized spacial score (nSPS) is 13.7. The van der Waals surface area contributed by atoms with Gasteiger partial charge >= 0.3 is 0 Å². The molecule has 39 heavy (non-hydrogen) atoms. The van der Waals surface area contributed by atoms with Crippen molar-refractivity contribution in [2.45, 2.75) is 70.8 Å². The molecule has 2 aromatic heterocycles. The van der Waals surface area contributed by atoms with Gasteiger partial charge in [0.25, 0.3) is 0 Å². The number of anilines is 1. The van der Waals surface area contributed by atoms with E-state index in [-0.39, 0.29) is 11.8 Å². The van der Waals surface area contributed by atoms with Crippen molar-refractivity contribution in [3.05, 3.63) is 71.5 Å². The van der Waals surface area contributed by atoms with Crippen molar-refractivity contribution < 1.29 is 9.59 Å². The van der Waals surface area contributed by atoms with Crippen molar-refractivity contribution >= 4 is 39.3 Å². The first-order valence-electron chi connectivity index (χ1n) is 14.3. The maximum absolute atomic E-state index is 12.9. The van der Waals surface area contributed by atoms with Crippen molar-refractivity contribution in [3.63, 3.8) is 0 Å². The first-order chi connectivity index (χ1) is 19.1. The van der Waals surface area contributed by atoms with Gasteiger partial charge in [0.05, 0.1) is 5.52 Å². The Morgan fingerprint density at radius 2 is 1.67 bits per heavy atom. The number of carbonyl (C=O) groups excluding carboxylic acids is 2. The summed E-state index contributed by atoms with van der Waals surface area (Å²) in [7, 11) is 0. The van der Waals surface area contributed by atoms with E-state index in [1.54, 1.807) is 0 Å². The Balaban J connectivity index is 1.06. The number of nitrogens with one attached hydrogen (secondary N) is 4. The lowest BCUT2D eigenvalue weighted by atomic mass is 9.92. The zero-order valence-corrected chi connectivity index (χ0v) is 22.8. The van der Waals surface area contributed by atoms with Gasteiger partial charge in [0.1, 0.15) is 6.04 Å². The van der Waals surface area contributed by atoms with Gasteiger partial charge in [0.15, 0.2) is 0 Å². The smallest absolute Gasteiger partial charge is 0.242 e. The number of carbonyl (C=O) groups is 2. The third-order valence-corrected chi connectivity index (χ3v) is 7.67. The van der Waals surface area contributed by atoms with Crippen molar-refractivity contribution in [1.29, 1.82) is 0 Å². The highest BCUT2D eigenvalue weighted by atomic mass is 16.2. The lowest BCUT2D eigenvalue weighted by Crippen LogP contribution is -2.47. The minimum Gasteiger partial charge on any atom is -0.384 e. The number of para-hydroxylation sites is 2. The van der Waals surface area contributed by atoms with E-state index >= 15 is 0 Å². The molecule has 1 aliphatic carbocycles. The molecule has 1 atom stereocenters. The Bertz CT molecular complexity index is 1440. The Hall–Kier alpha value is -3.87. The number of aryl methyl sites for hydroxylation is 1. The van der Waals surface area contributed by atoms with Crippen molar-refractivity contribution in [2.24, 2.45) is 0 Å². The molecule has 4 aromatic rings. The monoisotopic (exact) mass is 525 g/mol. The molecule has 204 valence electrons. The van der Waals surface area contributed by atoms with Gasteiger partial charge < -0.3 is 20.9 Å². The van der Waals surface area contributed by atoms with Gasteiger partial charge in [-0.05, 0) is 61.8 Å². The Morgan fingerprint density at radius 3 is 2.51 bits per heavy atom. The number of amides is 2. The first-order valence-corrected chi connectivity index (χ1v) is 14.3. The molecule has 0 saturated carbocycles. The molecule has 0 unspecified atom stereocenters. The van der Waals surface area contributed by atoms with Crippen LogP contribution in [0.4, 0.5) is 5.69 Å². The van der Waals surface area contributed by atoms with E-state index in [0.717, 1.165) is 67.1 Å². The molecule has 0 saturated heterocycles. The van der Waals surface area contributed by atoms with E-state index in [4.69, 9.17) is 4.98 Å². The summed E-state index contributed by atoms with van der Waals surface area (Å²) in [5, 5.41) is 11.9. The average Bonchev–Trinajstić information content (AvgIpc) is 3.36. The second kappa shape index (κ2) is 12.8. The van der Waals surface area contributed by atoms with Crippen LogP contribution in [0.1, 0.15) is 62.3 Å². The van der Waals surface area contributed by atoms with E-state index in [1.165, 1.54) is 42.1 Å². The number of nitrogens with zero attached hydrogens (tertiary/aromatic N) is 1. The van der Waals surface area contributed by atoms with Crippen molar-refractivity contribution in [2.75, 3.05) is 18.4 Å². The van der Waals surface area contributed by atoms with Crippen molar-refractivity contribution in [1.82, 2.24) is 20.6 Å². The molecule has 2 amide bonds. The summed E-state index contributed by atoms with van der Waals surface area (Å²) in [5.74, 6) is -0.336. The fourth-order valence-electron chi connectivity index (χ4n) is 5.70. The maximum atomic E-state index is 12.9. The number of benzene rings is 2. The van der Waals surface area contributed by atoms with Gasteiger partial charge in [-0.25, -0.2) is 0 Å². The lowest BCUT2D eigenvalue weighted by molar-refractivity contribution is -0.128. The molecule has 0 spiro atoms. The van der Waals surface area contributed by atoms with Gasteiger partial charge in [-0.3, -0.25) is 14.6 Å². The second-order valence-corrected chi connectivity index (χ2v) is 10.6. The number of hydrogen-bond donors (Lipinski definition) is 4. The number of unbranched alkanes of at least 4 members (excludes halogenated alkanes) is 3. The van der Waals surface area contributed by atoms with E-state index < -0.39 is 6.04 Å². The van der Waals surface area contributed by atoms with Gasteiger partial charge in [0, 0.05) is 60.3 Å². The topological polar surface area (TPSA) is 98.9 Å². The summed E-state index contributed by atoms with van der Waals surface area (Å²) >= 11 is 0. The minimum absolute atomic E-state index is 0.133. The lowest BCUT2D eigenvalue weighted by Gasteiger charge is -2.21. The number of aromatic nitrogens is 2. The predicted octanol–water partition coefficient (Wildman–Crippen LogP) is 5.43. The molecule has 2 aromatic carbocycles. The van der Waals surface area contributed by atoms with Gasteiger partial charge in [-0.1, -0.05) is 49.2 Å². The Kier molecular flexibility index (Phi) is 8.76. The fraction of sp³-hybridized carbons (Fsp3) is 0.406. The molecule has 7 nitrogen and oxygen atoms in total. The molecule has 0 aliphatic heterocycles. The number of hydrogen-bond acceptors (Lipinski definition) is 4. The van der Waals surface area contributed by atoms with Crippen LogP contribution in [0.25, 0.3) is 21.8 Å². The molecule has 5 rings (SSSR count). The Labute approximate surface area is 230 Å². The van der Waals surface area contributed by atoms with E-state index in [1.807, 2.05) is 30.5 Å². The van der Waals surface area contributed by atoms with E-state index in [0.29, 0.717) is 13.0 Å². The highest BCUT2D eigenvalue weighted by molar-refractivity contribution is 5.93. The number of rotatable bonds is 12. The molecule has 7 heteroatoms. The number of pyridine rings is 1. The van der Waals surface area contributed by atoms with Crippen LogP contribution in [0.3, 0.4) is 0 Å². The third-order valence-electron chi connectivity index (χ3n) is 7.67. The standard InChI is InChI=1S/C32H39N5O2/c1-22(38)36-30(20-23-21-35-27-15-7-4-12-24(23)27)32(39)34-19-11-3-2-10-18-33-31-25-13-5-8-16-28(25)37-29-17-9-6-14-26(29)31/h4-5,7-8,12-13,15-16,21,30,35H,2-3,6,9-11,14,17-20H2,1H3,(H,33,37)(H,34,39)(H,36,38)/t30-/m0/s1. The number of fused-ring (bicyclic) bond motifs is 3. The number of H-pyrrole nitrogens is 1. The highest BCUT2D eigenvalue weighted by Gasteiger charge is 2.21. The maximum Gasteiger partial charge on any atom is 0.242 e. The largest absolute Gasteiger partial charge is 0.384 e. The van der Waals surface area contributed by atoms with E-state index in [9.17, 15) is 9.59 Å². The summed E-state index contributed by atoms with van der Waals surface area (Å²) in [6.07, 6.45) is 11.2. The zero-order valence-electron chi connectivity index (χ0n) is 22.8. The zero-order chi connectivity index (χ0) is 27.0. The van der Waals surface area contributed by atoms with Gasteiger partial charge in [-0.15, -0.1) is 0 Å². The predicted molar refractivity (Wildman–Crippen MR) is 158 cm³/mol.